The average molecular weight is 299 g/mol. The minimum Gasteiger partial charge on any atom is -0.497 e. The molecule has 4 nitrogen and oxygen atoms in total. The number of amides is 1. The van der Waals surface area contributed by atoms with Gasteiger partial charge in [0, 0.05) is 6.61 Å². The minimum atomic E-state index is -0.208. The zero-order valence-electron chi connectivity index (χ0n) is 12.9. The van der Waals surface area contributed by atoms with Crippen molar-refractivity contribution >= 4 is 5.91 Å². The number of benzene rings is 2. The van der Waals surface area contributed by atoms with Crippen molar-refractivity contribution in [2.75, 3.05) is 20.3 Å². The zero-order valence-corrected chi connectivity index (χ0v) is 12.9. The summed E-state index contributed by atoms with van der Waals surface area (Å²) in [5, 5.41) is 3.02. The molecule has 22 heavy (non-hydrogen) atoms. The highest BCUT2D eigenvalue weighted by Gasteiger charge is 2.16. The Morgan fingerprint density at radius 2 is 1.68 bits per heavy atom. The van der Waals surface area contributed by atoms with Gasteiger partial charge >= 0.3 is 0 Å². The van der Waals surface area contributed by atoms with Gasteiger partial charge in [0.05, 0.1) is 13.2 Å². The predicted octanol–water partition coefficient (Wildman–Crippen LogP) is 2.94. The Balaban J connectivity index is 2.22. The molecule has 0 saturated carbocycles. The predicted molar refractivity (Wildman–Crippen MR) is 85.9 cm³/mol. The minimum absolute atomic E-state index is 0.0655. The van der Waals surface area contributed by atoms with Gasteiger partial charge in [-0.1, -0.05) is 42.5 Å². The highest BCUT2D eigenvalue weighted by atomic mass is 16.5. The van der Waals surface area contributed by atoms with Crippen molar-refractivity contribution in [2.24, 2.45) is 0 Å². The molecule has 0 heterocycles. The highest BCUT2D eigenvalue weighted by molar-refractivity contribution is 5.78. The molecule has 0 aromatic heterocycles. The largest absolute Gasteiger partial charge is 0.497 e. The van der Waals surface area contributed by atoms with E-state index in [0.717, 1.165) is 16.9 Å². The van der Waals surface area contributed by atoms with Crippen LogP contribution >= 0.6 is 0 Å². The maximum Gasteiger partial charge on any atom is 0.246 e. The maximum absolute atomic E-state index is 12.0. The Hall–Kier alpha value is -2.33. The fourth-order valence-corrected chi connectivity index (χ4v) is 2.20. The van der Waals surface area contributed by atoms with Gasteiger partial charge in [0.1, 0.15) is 12.4 Å². The van der Waals surface area contributed by atoms with Gasteiger partial charge in [-0.15, -0.1) is 0 Å². The SMILES string of the molecule is CCOCC(=O)NC(c1ccccc1)c1ccc(OC)cc1. The van der Waals surface area contributed by atoms with Crippen molar-refractivity contribution in [3.8, 4) is 5.75 Å². The molecule has 0 aliphatic heterocycles. The van der Waals surface area contributed by atoms with E-state index in [1.807, 2.05) is 61.5 Å². The highest BCUT2D eigenvalue weighted by Crippen LogP contribution is 2.24. The summed E-state index contributed by atoms with van der Waals surface area (Å²) < 4.78 is 10.4. The number of carbonyl (C=O) groups is 1. The van der Waals surface area contributed by atoms with Crippen molar-refractivity contribution in [1.29, 1.82) is 0 Å². The lowest BCUT2D eigenvalue weighted by Gasteiger charge is -2.20. The third-order valence-corrected chi connectivity index (χ3v) is 3.32. The number of nitrogens with one attached hydrogen (secondary N) is 1. The fourth-order valence-electron chi connectivity index (χ4n) is 2.20. The lowest BCUT2D eigenvalue weighted by atomic mass is 9.98. The second kappa shape index (κ2) is 8.20. The normalized spacial score (nSPS) is 11.7. The summed E-state index contributed by atoms with van der Waals surface area (Å²) in [5.74, 6) is 0.655. The molecule has 0 saturated heterocycles. The third kappa shape index (κ3) is 4.33. The van der Waals surface area contributed by atoms with E-state index in [-0.39, 0.29) is 18.6 Å². The first-order chi connectivity index (χ1) is 10.7. The van der Waals surface area contributed by atoms with Crippen molar-refractivity contribution in [3.05, 3.63) is 65.7 Å². The molecule has 1 N–H and O–H groups in total. The van der Waals surface area contributed by atoms with Crippen LogP contribution in [0.1, 0.15) is 24.1 Å². The van der Waals surface area contributed by atoms with Crippen molar-refractivity contribution < 1.29 is 14.3 Å². The van der Waals surface area contributed by atoms with Gasteiger partial charge < -0.3 is 14.8 Å². The number of methoxy groups -OCH3 is 1. The Morgan fingerprint density at radius 3 is 2.27 bits per heavy atom. The van der Waals surface area contributed by atoms with Crippen LogP contribution in [-0.4, -0.2) is 26.2 Å². The van der Waals surface area contributed by atoms with Gasteiger partial charge in [0.15, 0.2) is 0 Å². The second-order valence-electron chi connectivity index (χ2n) is 4.82. The van der Waals surface area contributed by atoms with Crippen LogP contribution in [0.5, 0.6) is 5.75 Å². The first-order valence-electron chi connectivity index (χ1n) is 7.30. The molecular weight excluding hydrogens is 278 g/mol. The van der Waals surface area contributed by atoms with Gasteiger partial charge in [-0.3, -0.25) is 4.79 Å². The number of carbonyl (C=O) groups excluding carboxylic acids is 1. The lowest BCUT2D eigenvalue weighted by molar-refractivity contribution is -0.126. The molecule has 0 radical (unpaired) electrons. The maximum atomic E-state index is 12.0. The molecule has 0 fully saturated rings. The molecule has 116 valence electrons. The Morgan fingerprint density at radius 1 is 1.05 bits per heavy atom. The molecular formula is C18H21NO3. The molecule has 0 bridgehead atoms. The molecule has 2 aromatic rings. The Labute approximate surface area is 131 Å². The van der Waals surface area contributed by atoms with Crippen molar-refractivity contribution in [1.82, 2.24) is 5.32 Å². The van der Waals surface area contributed by atoms with Crippen LogP contribution in [0.15, 0.2) is 54.6 Å². The van der Waals surface area contributed by atoms with Gasteiger partial charge in [0.25, 0.3) is 0 Å². The van der Waals surface area contributed by atoms with E-state index in [2.05, 4.69) is 5.32 Å². The number of hydrogen-bond acceptors (Lipinski definition) is 3. The first kappa shape index (κ1) is 16.0. The summed E-state index contributed by atoms with van der Waals surface area (Å²) in [5.41, 5.74) is 2.02. The second-order valence-corrected chi connectivity index (χ2v) is 4.82. The van der Waals surface area contributed by atoms with Crippen LogP contribution in [-0.2, 0) is 9.53 Å². The monoisotopic (exact) mass is 299 g/mol. The van der Waals surface area contributed by atoms with Crippen LogP contribution in [0, 0.1) is 0 Å². The number of ether oxygens (including phenoxy) is 2. The quantitative estimate of drug-likeness (QED) is 0.855. The van der Waals surface area contributed by atoms with Gasteiger partial charge in [0.2, 0.25) is 5.91 Å². The first-order valence-corrected chi connectivity index (χ1v) is 7.30. The topological polar surface area (TPSA) is 47.6 Å². The average Bonchev–Trinajstić information content (AvgIpc) is 2.59. The number of rotatable bonds is 7. The summed E-state index contributed by atoms with van der Waals surface area (Å²) in [4.78, 5) is 12.0. The van der Waals surface area contributed by atoms with E-state index in [4.69, 9.17) is 9.47 Å². The molecule has 4 heteroatoms. The Kier molecular flexibility index (Phi) is 5.98. The van der Waals surface area contributed by atoms with Crippen molar-refractivity contribution in [3.63, 3.8) is 0 Å². The van der Waals surface area contributed by atoms with E-state index < -0.39 is 0 Å². The van der Waals surface area contributed by atoms with Gasteiger partial charge in [-0.2, -0.15) is 0 Å². The molecule has 1 unspecified atom stereocenters. The summed E-state index contributed by atoms with van der Waals surface area (Å²) >= 11 is 0. The van der Waals surface area contributed by atoms with Crippen LogP contribution in [0.4, 0.5) is 0 Å². The summed E-state index contributed by atoms with van der Waals surface area (Å²) in [6.07, 6.45) is 0. The van der Waals surface area contributed by atoms with Gasteiger partial charge in [-0.25, -0.2) is 0 Å². The van der Waals surface area contributed by atoms with Crippen LogP contribution < -0.4 is 10.1 Å². The van der Waals surface area contributed by atoms with E-state index in [9.17, 15) is 4.79 Å². The summed E-state index contributed by atoms with van der Waals surface area (Å²) in [6.45, 7) is 2.45. The Bertz CT molecular complexity index is 581. The molecule has 2 aromatic carbocycles. The molecule has 0 aliphatic rings. The standard InChI is InChI=1S/C18H21NO3/c1-3-22-13-17(20)19-18(14-7-5-4-6-8-14)15-9-11-16(21-2)12-10-15/h4-12,18H,3,13H2,1-2H3,(H,19,20). The van der Waals surface area contributed by atoms with Crippen LogP contribution in [0.3, 0.4) is 0 Å². The van der Waals surface area contributed by atoms with E-state index in [1.54, 1.807) is 7.11 Å². The summed E-state index contributed by atoms with van der Waals surface area (Å²) in [7, 11) is 1.63. The van der Waals surface area contributed by atoms with E-state index in [1.165, 1.54) is 0 Å². The van der Waals surface area contributed by atoms with Crippen LogP contribution in [0.2, 0.25) is 0 Å². The molecule has 2 rings (SSSR count). The fraction of sp³-hybridized carbons (Fsp3) is 0.278. The molecule has 0 spiro atoms. The molecule has 0 aliphatic carbocycles. The number of hydrogen-bond donors (Lipinski definition) is 1. The molecule has 1 atom stereocenters. The van der Waals surface area contributed by atoms with E-state index >= 15 is 0 Å². The van der Waals surface area contributed by atoms with Gasteiger partial charge in [-0.05, 0) is 30.2 Å². The van der Waals surface area contributed by atoms with E-state index in [0.29, 0.717) is 6.61 Å². The van der Waals surface area contributed by atoms with Crippen molar-refractivity contribution in [2.45, 2.75) is 13.0 Å². The smallest absolute Gasteiger partial charge is 0.246 e. The molecule has 1 amide bonds. The zero-order chi connectivity index (χ0) is 15.8. The summed E-state index contributed by atoms with van der Waals surface area (Å²) in [6, 6.07) is 17.3. The third-order valence-electron chi connectivity index (χ3n) is 3.32. The lowest BCUT2D eigenvalue weighted by Crippen LogP contribution is -2.32. The van der Waals surface area contributed by atoms with Crippen LogP contribution in [0.25, 0.3) is 0 Å².